The second-order valence-electron chi connectivity index (χ2n) is 4.96. The van der Waals surface area contributed by atoms with Crippen molar-refractivity contribution < 1.29 is 0 Å². The van der Waals surface area contributed by atoms with Crippen LogP contribution >= 0.6 is 0 Å². The summed E-state index contributed by atoms with van der Waals surface area (Å²) in [6, 6.07) is 16.7. The maximum absolute atomic E-state index is 5.71. The predicted octanol–water partition coefficient (Wildman–Crippen LogP) is 3.11. The highest BCUT2D eigenvalue weighted by atomic mass is 15.1. The van der Waals surface area contributed by atoms with Crippen LogP contribution in [0, 0.1) is 0 Å². The van der Waals surface area contributed by atoms with Crippen molar-refractivity contribution in [2.75, 3.05) is 0 Å². The average molecular weight is 265 g/mol. The Labute approximate surface area is 119 Å². The highest BCUT2D eigenvalue weighted by Crippen LogP contribution is 2.18. The molecule has 0 amide bonds. The molecule has 0 atom stereocenters. The van der Waals surface area contributed by atoms with Gasteiger partial charge in [-0.3, -0.25) is 0 Å². The van der Waals surface area contributed by atoms with E-state index in [1.54, 1.807) is 0 Å². The minimum Gasteiger partial charge on any atom is -0.328 e. The summed E-state index contributed by atoms with van der Waals surface area (Å²) < 4.78 is 2.28. The molecule has 0 unspecified atom stereocenters. The highest BCUT2D eigenvalue weighted by Gasteiger charge is 2.09. The molecule has 2 aromatic carbocycles. The number of imidazole rings is 1. The monoisotopic (exact) mass is 265 g/mol. The molecule has 1 aromatic heterocycles. The zero-order valence-corrected chi connectivity index (χ0v) is 11.7. The number of hydrogen-bond acceptors (Lipinski definition) is 2. The molecule has 0 saturated carbocycles. The largest absolute Gasteiger partial charge is 0.328 e. The van der Waals surface area contributed by atoms with Gasteiger partial charge >= 0.3 is 0 Å². The van der Waals surface area contributed by atoms with E-state index in [9.17, 15) is 0 Å². The molecular formula is C17H19N3. The number of aryl methyl sites for hydroxylation is 1. The van der Waals surface area contributed by atoms with Crippen LogP contribution in [0.5, 0.6) is 0 Å². The summed E-state index contributed by atoms with van der Waals surface area (Å²) in [7, 11) is 0. The van der Waals surface area contributed by atoms with Gasteiger partial charge in [0.2, 0.25) is 0 Å². The van der Waals surface area contributed by atoms with Gasteiger partial charge in [-0.1, -0.05) is 36.4 Å². The van der Waals surface area contributed by atoms with Crippen LogP contribution in [0.3, 0.4) is 0 Å². The Morgan fingerprint density at radius 1 is 1.05 bits per heavy atom. The lowest BCUT2D eigenvalue weighted by Gasteiger charge is -2.07. The lowest BCUT2D eigenvalue weighted by Crippen LogP contribution is -2.03. The first-order valence-electron chi connectivity index (χ1n) is 7.04. The first-order chi connectivity index (χ1) is 9.81. The van der Waals surface area contributed by atoms with Crippen molar-refractivity contribution in [3.05, 3.63) is 65.5 Å². The fraction of sp³-hybridized carbons (Fsp3) is 0.235. The van der Waals surface area contributed by atoms with E-state index in [2.05, 4.69) is 54.0 Å². The smallest absolute Gasteiger partial charge is 0.114 e. The first-order valence-corrected chi connectivity index (χ1v) is 7.04. The Bertz CT molecular complexity index is 728. The van der Waals surface area contributed by atoms with Crippen LogP contribution in [0.25, 0.3) is 11.0 Å². The molecule has 0 radical (unpaired) electrons. The number of nitrogens with zero attached hydrogens (tertiary/aromatic N) is 2. The normalized spacial score (nSPS) is 11.1. The standard InChI is InChI=1S/C17H19N3/c1-2-20-16-9-4-3-8-15(16)19-17(20)11-13-6-5-7-14(10-13)12-18/h3-10H,2,11-12,18H2,1H3. The minimum absolute atomic E-state index is 0.581. The van der Waals surface area contributed by atoms with Crippen LogP contribution in [-0.2, 0) is 19.5 Å². The van der Waals surface area contributed by atoms with Crippen molar-refractivity contribution in [2.45, 2.75) is 26.4 Å². The van der Waals surface area contributed by atoms with Gasteiger partial charge in [-0.2, -0.15) is 0 Å². The number of aromatic nitrogens is 2. The first kappa shape index (κ1) is 12.9. The molecule has 3 rings (SSSR count). The highest BCUT2D eigenvalue weighted by molar-refractivity contribution is 5.76. The summed E-state index contributed by atoms with van der Waals surface area (Å²) >= 11 is 0. The van der Waals surface area contributed by atoms with E-state index in [-0.39, 0.29) is 0 Å². The van der Waals surface area contributed by atoms with Crippen LogP contribution < -0.4 is 5.73 Å². The van der Waals surface area contributed by atoms with E-state index in [1.165, 1.54) is 16.6 Å². The third-order valence-electron chi connectivity index (χ3n) is 3.64. The number of fused-ring (bicyclic) bond motifs is 1. The summed E-state index contributed by atoms with van der Waals surface area (Å²) in [5.41, 5.74) is 10.4. The SMILES string of the molecule is CCn1c(Cc2cccc(CN)c2)nc2ccccc21. The molecular weight excluding hydrogens is 246 g/mol. The van der Waals surface area contributed by atoms with Gasteiger partial charge in [0.25, 0.3) is 0 Å². The molecule has 0 aliphatic heterocycles. The van der Waals surface area contributed by atoms with Gasteiger partial charge < -0.3 is 10.3 Å². The van der Waals surface area contributed by atoms with E-state index in [1.807, 2.05) is 6.07 Å². The van der Waals surface area contributed by atoms with Crippen molar-refractivity contribution >= 4 is 11.0 Å². The Morgan fingerprint density at radius 2 is 1.85 bits per heavy atom. The Hall–Kier alpha value is -2.13. The minimum atomic E-state index is 0.581. The molecule has 3 heteroatoms. The number of rotatable bonds is 4. The van der Waals surface area contributed by atoms with Gasteiger partial charge in [0.1, 0.15) is 5.82 Å². The molecule has 2 N–H and O–H groups in total. The van der Waals surface area contributed by atoms with Crippen LogP contribution in [0.1, 0.15) is 23.9 Å². The third-order valence-corrected chi connectivity index (χ3v) is 3.64. The van der Waals surface area contributed by atoms with Gasteiger partial charge in [-0.25, -0.2) is 4.98 Å². The molecule has 0 saturated heterocycles. The van der Waals surface area contributed by atoms with E-state index in [0.717, 1.165) is 24.3 Å². The van der Waals surface area contributed by atoms with Gasteiger partial charge in [0.15, 0.2) is 0 Å². The lowest BCUT2D eigenvalue weighted by molar-refractivity contribution is 0.733. The van der Waals surface area contributed by atoms with E-state index in [0.29, 0.717) is 6.54 Å². The number of para-hydroxylation sites is 2. The van der Waals surface area contributed by atoms with Crippen molar-refractivity contribution in [3.8, 4) is 0 Å². The summed E-state index contributed by atoms with van der Waals surface area (Å²) in [5.74, 6) is 1.11. The summed E-state index contributed by atoms with van der Waals surface area (Å²) in [5, 5.41) is 0. The number of hydrogen-bond donors (Lipinski definition) is 1. The van der Waals surface area contributed by atoms with E-state index >= 15 is 0 Å². The van der Waals surface area contributed by atoms with Crippen molar-refractivity contribution in [1.82, 2.24) is 9.55 Å². The Kier molecular flexibility index (Phi) is 3.52. The van der Waals surface area contributed by atoms with Gasteiger partial charge in [-0.15, -0.1) is 0 Å². The molecule has 0 aliphatic rings. The molecule has 0 bridgehead atoms. The van der Waals surface area contributed by atoms with Gasteiger partial charge in [0, 0.05) is 19.5 Å². The second kappa shape index (κ2) is 5.47. The number of benzene rings is 2. The second-order valence-corrected chi connectivity index (χ2v) is 4.96. The molecule has 3 aromatic rings. The van der Waals surface area contributed by atoms with Crippen LogP contribution in [0.4, 0.5) is 0 Å². The van der Waals surface area contributed by atoms with E-state index < -0.39 is 0 Å². The fourth-order valence-corrected chi connectivity index (χ4v) is 2.66. The van der Waals surface area contributed by atoms with Gasteiger partial charge in [-0.05, 0) is 30.2 Å². The average Bonchev–Trinajstić information content (AvgIpc) is 2.84. The summed E-state index contributed by atoms with van der Waals surface area (Å²) in [6.45, 7) is 3.68. The molecule has 0 spiro atoms. The predicted molar refractivity (Wildman–Crippen MR) is 82.5 cm³/mol. The maximum atomic E-state index is 5.71. The number of nitrogens with two attached hydrogens (primary N) is 1. The molecule has 0 aliphatic carbocycles. The lowest BCUT2D eigenvalue weighted by atomic mass is 10.1. The van der Waals surface area contributed by atoms with Crippen molar-refractivity contribution in [3.63, 3.8) is 0 Å². The molecule has 0 fully saturated rings. The van der Waals surface area contributed by atoms with Crippen molar-refractivity contribution in [2.24, 2.45) is 5.73 Å². The maximum Gasteiger partial charge on any atom is 0.114 e. The Morgan fingerprint density at radius 3 is 2.65 bits per heavy atom. The van der Waals surface area contributed by atoms with E-state index in [4.69, 9.17) is 10.7 Å². The van der Waals surface area contributed by atoms with Gasteiger partial charge in [0.05, 0.1) is 11.0 Å². The molecule has 3 nitrogen and oxygen atoms in total. The van der Waals surface area contributed by atoms with Crippen LogP contribution in [0.2, 0.25) is 0 Å². The summed E-state index contributed by atoms with van der Waals surface area (Å²) in [4.78, 5) is 4.77. The Balaban J connectivity index is 2.01. The molecule has 1 heterocycles. The van der Waals surface area contributed by atoms with Crippen LogP contribution in [-0.4, -0.2) is 9.55 Å². The fourth-order valence-electron chi connectivity index (χ4n) is 2.66. The topological polar surface area (TPSA) is 43.8 Å². The van der Waals surface area contributed by atoms with Crippen molar-refractivity contribution in [1.29, 1.82) is 0 Å². The zero-order valence-electron chi connectivity index (χ0n) is 11.7. The third kappa shape index (κ3) is 2.32. The quantitative estimate of drug-likeness (QED) is 0.787. The van der Waals surface area contributed by atoms with Crippen LogP contribution in [0.15, 0.2) is 48.5 Å². The summed E-state index contributed by atoms with van der Waals surface area (Å²) in [6.07, 6.45) is 0.844. The zero-order chi connectivity index (χ0) is 13.9. The molecule has 20 heavy (non-hydrogen) atoms. The molecule has 102 valence electrons.